The van der Waals surface area contributed by atoms with E-state index in [1.54, 1.807) is 7.11 Å². The lowest BCUT2D eigenvalue weighted by Gasteiger charge is -2.48. The number of nitrogens with zero attached hydrogens (tertiary/aromatic N) is 3. The van der Waals surface area contributed by atoms with Gasteiger partial charge in [0.25, 0.3) is 0 Å². The van der Waals surface area contributed by atoms with Crippen LogP contribution in [0.3, 0.4) is 0 Å². The van der Waals surface area contributed by atoms with Crippen LogP contribution < -0.4 is 10.1 Å². The van der Waals surface area contributed by atoms with E-state index in [0.717, 1.165) is 50.5 Å². The molecular weight excluding hydrogens is 396 g/mol. The lowest BCUT2D eigenvalue weighted by Crippen LogP contribution is -2.59. The Bertz CT molecular complexity index is 840. The highest BCUT2D eigenvalue weighted by atomic mass is 16.5. The summed E-state index contributed by atoms with van der Waals surface area (Å²) in [6.07, 6.45) is 6.79. The second-order valence-corrected chi connectivity index (χ2v) is 8.40. The number of rotatable bonds is 8. The monoisotopic (exact) mass is 428 g/mol. The van der Waals surface area contributed by atoms with Crippen LogP contribution in [-0.4, -0.2) is 66.4 Å². The number of hydrogen-bond donors (Lipinski definition) is 1. The minimum atomic E-state index is 0.0300. The molecule has 1 aromatic carbocycles. The molecule has 1 saturated heterocycles. The molecule has 2 aromatic rings. The summed E-state index contributed by atoms with van der Waals surface area (Å²) in [6, 6.07) is 7.48. The number of carbonyl (C=O) groups is 1. The van der Waals surface area contributed by atoms with Crippen LogP contribution in [0.15, 0.2) is 28.8 Å². The van der Waals surface area contributed by atoms with Gasteiger partial charge in [-0.1, -0.05) is 24.4 Å². The standard InChI is InChI=1S/C23H32N4O4/c1-29-19-7-5-18(6-8-19)22-25-21(31-26-22)10-9-20(28)24-17-23(11-3-2-4-12-23)27-13-15-30-16-14-27/h5-8H,2-4,9-17H2,1H3,(H,24,28). The van der Waals surface area contributed by atoms with E-state index in [4.69, 9.17) is 14.0 Å². The Kier molecular flexibility index (Phi) is 7.19. The molecule has 0 bridgehead atoms. The van der Waals surface area contributed by atoms with Crippen molar-refractivity contribution in [2.75, 3.05) is 40.0 Å². The second kappa shape index (κ2) is 10.2. The molecule has 1 N–H and O–H groups in total. The summed E-state index contributed by atoms with van der Waals surface area (Å²) >= 11 is 0. The van der Waals surface area contributed by atoms with Gasteiger partial charge < -0.3 is 19.3 Å². The van der Waals surface area contributed by atoms with Crippen LogP contribution in [0.5, 0.6) is 5.75 Å². The minimum Gasteiger partial charge on any atom is -0.497 e. The van der Waals surface area contributed by atoms with E-state index in [1.807, 2.05) is 24.3 Å². The van der Waals surface area contributed by atoms with Crippen LogP contribution in [0.4, 0.5) is 0 Å². The maximum absolute atomic E-state index is 12.6. The molecule has 8 nitrogen and oxygen atoms in total. The summed E-state index contributed by atoms with van der Waals surface area (Å²) in [4.78, 5) is 19.5. The topological polar surface area (TPSA) is 89.7 Å². The minimum absolute atomic E-state index is 0.0300. The molecule has 0 radical (unpaired) electrons. The van der Waals surface area contributed by atoms with Crippen LogP contribution in [0.2, 0.25) is 0 Å². The van der Waals surface area contributed by atoms with Crippen molar-refractivity contribution < 1.29 is 18.8 Å². The molecule has 1 aromatic heterocycles. The predicted octanol–water partition coefficient (Wildman–Crippen LogP) is 2.83. The van der Waals surface area contributed by atoms with Crippen molar-refractivity contribution in [2.24, 2.45) is 0 Å². The fourth-order valence-electron chi connectivity index (χ4n) is 4.64. The van der Waals surface area contributed by atoms with Gasteiger partial charge >= 0.3 is 0 Å². The molecule has 1 aliphatic heterocycles. The summed E-state index contributed by atoms with van der Waals surface area (Å²) in [5.74, 6) is 1.80. The molecule has 1 aliphatic carbocycles. The van der Waals surface area contributed by atoms with Crippen molar-refractivity contribution in [2.45, 2.75) is 50.5 Å². The van der Waals surface area contributed by atoms with E-state index < -0.39 is 0 Å². The van der Waals surface area contributed by atoms with Crippen LogP contribution in [0.1, 0.15) is 44.4 Å². The molecule has 1 saturated carbocycles. The average molecular weight is 429 g/mol. The number of methoxy groups -OCH3 is 1. The molecular formula is C23H32N4O4. The van der Waals surface area contributed by atoms with Gasteiger partial charge in [0.05, 0.1) is 20.3 Å². The quantitative estimate of drug-likeness (QED) is 0.691. The van der Waals surface area contributed by atoms with Crippen molar-refractivity contribution >= 4 is 5.91 Å². The van der Waals surface area contributed by atoms with Crippen molar-refractivity contribution in [3.05, 3.63) is 30.2 Å². The zero-order valence-corrected chi connectivity index (χ0v) is 18.3. The molecule has 2 heterocycles. The van der Waals surface area contributed by atoms with E-state index in [2.05, 4.69) is 20.4 Å². The van der Waals surface area contributed by atoms with Gasteiger partial charge in [-0.05, 0) is 37.1 Å². The zero-order valence-electron chi connectivity index (χ0n) is 18.3. The fraction of sp³-hybridized carbons (Fsp3) is 0.609. The van der Waals surface area contributed by atoms with Gasteiger partial charge in [0.1, 0.15) is 5.75 Å². The summed E-state index contributed by atoms with van der Waals surface area (Å²) in [7, 11) is 1.63. The van der Waals surface area contributed by atoms with E-state index >= 15 is 0 Å². The van der Waals surface area contributed by atoms with Gasteiger partial charge in [-0.3, -0.25) is 9.69 Å². The van der Waals surface area contributed by atoms with Gasteiger partial charge in [-0.15, -0.1) is 0 Å². The molecule has 0 atom stereocenters. The zero-order chi connectivity index (χ0) is 21.5. The smallest absolute Gasteiger partial charge is 0.227 e. The van der Waals surface area contributed by atoms with Gasteiger partial charge in [-0.2, -0.15) is 4.98 Å². The number of aryl methyl sites for hydroxylation is 1. The molecule has 0 unspecified atom stereocenters. The highest BCUT2D eigenvalue weighted by molar-refractivity contribution is 5.76. The highest BCUT2D eigenvalue weighted by Crippen LogP contribution is 2.34. The van der Waals surface area contributed by atoms with Crippen molar-refractivity contribution in [1.82, 2.24) is 20.4 Å². The van der Waals surface area contributed by atoms with Crippen molar-refractivity contribution in [1.29, 1.82) is 0 Å². The van der Waals surface area contributed by atoms with E-state index in [0.29, 0.717) is 31.1 Å². The first-order valence-electron chi connectivity index (χ1n) is 11.3. The number of hydrogen-bond acceptors (Lipinski definition) is 7. The lowest BCUT2D eigenvalue weighted by atomic mass is 9.79. The normalized spacial score (nSPS) is 19.1. The Morgan fingerprint density at radius 3 is 2.61 bits per heavy atom. The van der Waals surface area contributed by atoms with Gasteiger partial charge in [0.15, 0.2) is 0 Å². The summed E-state index contributed by atoms with van der Waals surface area (Å²) < 4.78 is 16.0. The number of aromatic nitrogens is 2. The van der Waals surface area contributed by atoms with Crippen LogP contribution in [0.25, 0.3) is 11.4 Å². The molecule has 2 aliphatic rings. The first kappa shape index (κ1) is 21.8. The largest absolute Gasteiger partial charge is 0.497 e. The molecule has 168 valence electrons. The van der Waals surface area contributed by atoms with Gasteiger partial charge in [-0.25, -0.2) is 0 Å². The van der Waals surface area contributed by atoms with E-state index in [1.165, 1.54) is 19.3 Å². The summed E-state index contributed by atoms with van der Waals surface area (Å²) in [6.45, 7) is 4.16. The predicted molar refractivity (Wildman–Crippen MR) is 116 cm³/mol. The fourth-order valence-corrected chi connectivity index (χ4v) is 4.64. The lowest BCUT2D eigenvalue weighted by molar-refractivity contribution is -0.122. The second-order valence-electron chi connectivity index (χ2n) is 8.40. The number of nitrogens with one attached hydrogen (secondary N) is 1. The number of benzene rings is 1. The Hall–Kier alpha value is -2.45. The van der Waals surface area contributed by atoms with Crippen LogP contribution in [-0.2, 0) is 16.0 Å². The Morgan fingerprint density at radius 2 is 1.90 bits per heavy atom. The maximum atomic E-state index is 12.6. The van der Waals surface area contributed by atoms with Crippen LogP contribution in [0, 0.1) is 0 Å². The first-order chi connectivity index (χ1) is 15.2. The summed E-state index contributed by atoms with van der Waals surface area (Å²) in [5, 5.41) is 7.22. The molecule has 4 rings (SSSR count). The first-order valence-corrected chi connectivity index (χ1v) is 11.3. The molecule has 1 amide bonds. The highest BCUT2D eigenvalue weighted by Gasteiger charge is 2.38. The molecule has 31 heavy (non-hydrogen) atoms. The third-order valence-electron chi connectivity index (χ3n) is 6.46. The van der Waals surface area contributed by atoms with Gasteiger partial charge in [0, 0.05) is 43.6 Å². The van der Waals surface area contributed by atoms with E-state index in [-0.39, 0.29) is 11.4 Å². The van der Waals surface area contributed by atoms with Crippen molar-refractivity contribution in [3.8, 4) is 17.1 Å². The Morgan fingerprint density at radius 1 is 1.16 bits per heavy atom. The summed E-state index contributed by atoms with van der Waals surface area (Å²) in [5.41, 5.74) is 0.925. The van der Waals surface area contributed by atoms with Gasteiger partial charge in [0.2, 0.25) is 17.6 Å². The number of amides is 1. The number of ether oxygens (including phenoxy) is 2. The Labute approximate surface area is 183 Å². The van der Waals surface area contributed by atoms with Crippen molar-refractivity contribution in [3.63, 3.8) is 0 Å². The Balaban J connectivity index is 1.29. The maximum Gasteiger partial charge on any atom is 0.227 e. The van der Waals surface area contributed by atoms with Crippen LogP contribution >= 0.6 is 0 Å². The molecule has 0 spiro atoms. The number of morpholine rings is 1. The third-order valence-corrected chi connectivity index (χ3v) is 6.46. The van der Waals surface area contributed by atoms with E-state index in [9.17, 15) is 4.79 Å². The SMILES string of the molecule is COc1ccc(-c2noc(CCC(=O)NCC3(N4CCOCC4)CCCCC3)n2)cc1. The third kappa shape index (κ3) is 5.43. The molecule has 8 heteroatoms. The molecule has 2 fully saturated rings. The number of carbonyl (C=O) groups excluding carboxylic acids is 1. The average Bonchev–Trinajstić information content (AvgIpc) is 3.32.